The van der Waals surface area contributed by atoms with E-state index in [0.29, 0.717) is 17.0 Å². The quantitative estimate of drug-likeness (QED) is 0.893. The van der Waals surface area contributed by atoms with E-state index in [2.05, 4.69) is 31.4 Å². The lowest BCUT2D eigenvalue weighted by Crippen LogP contribution is -2.46. The van der Waals surface area contributed by atoms with Crippen molar-refractivity contribution in [3.63, 3.8) is 0 Å². The molecule has 0 aliphatic rings. The fraction of sp³-hybridized carbons (Fsp3) is 0.562. The molecule has 0 aliphatic heterocycles. The SMILES string of the molecule is Cc1cc(CNC(=O)N[C@H](C)C(C)(C)C)ccc1S(C)(=O)=O. The first kappa shape index (κ1) is 18.5. The zero-order valence-electron chi connectivity index (χ0n) is 14.1. The smallest absolute Gasteiger partial charge is 0.315 e. The van der Waals surface area contributed by atoms with E-state index in [1.807, 2.05) is 6.92 Å². The standard InChI is InChI=1S/C16H26N2O3S/c1-11-9-13(7-8-14(11)22(6,20)21)10-17-15(19)18-12(2)16(3,4)5/h7-9,12H,10H2,1-6H3,(H2,17,18,19)/t12-/m1/s1. The number of aryl methyl sites for hydroxylation is 1. The van der Waals surface area contributed by atoms with Crippen molar-refractivity contribution in [2.75, 3.05) is 6.26 Å². The molecule has 124 valence electrons. The van der Waals surface area contributed by atoms with Crippen LogP contribution < -0.4 is 10.6 Å². The number of urea groups is 1. The monoisotopic (exact) mass is 326 g/mol. The lowest BCUT2D eigenvalue weighted by Gasteiger charge is -2.28. The van der Waals surface area contributed by atoms with Crippen molar-refractivity contribution < 1.29 is 13.2 Å². The minimum Gasteiger partial charge on any atom is -0.335 e. The van der Waals surface area contributed by atoms with Gasteiger partial charge in [0.2, 0.25) is 0 Å². The molecule has 1 aromatic rings. The molecule has 0 unspecified atom stereocenters. The molecule has 0 radical (unpaired) electrons. The van der Waals surface area contributed by atoms with Crippen LogP contribution in [-0.4, -0.2) is 26.7 Å². The molecule has 0 heterocycles. The zero-order chi connectivity index (χ0) is 17.1. The molecule has 0 saturated heterocycles. The topological polar surface area (TPSA) is 75.3 Å². The van der Waals surface area contributed by atoms with Crippen LogP contribution in [0.15, 0.2) is 23.1 Å². The van der Waals surface area contributed by atoms with E-state index in [1.54, 1.807) is 25.1 Å². The van der Waals surface area contributed by atoms with Gasteiger partial charge in [0.05, 0.1) is 4.90 Å². The summed E-state index contributed by atoms with van der Waals surface area (Å²) in [6.07, 6.45) is 1.19. The molecule has 6 heteroatoms. The Kier molecular flexibility index (Phi) is 5.62. The second-order valence-corrected chi connectivity index (χ2v) is 8.77. The van der Waals surface area contributed by atoms with Gasteiger partial charge in [-0.05, 0) is 36.5 Å². The van der Waals surface area contributed by atoms with Gasteiger partial charge in [0.1, 0.15) is 0 Å². The Bertz CT molecular complexity index is 646. The summed E-state index contributed by atoms with van der Waals surface area (Å²) in [5.74, 6) is 0. The van der Waals surface area contributed by atoms with Crippen LogP contribution in [0.25, 0.3) is 0 Å². The van der Waals surface area contributed by atoms with Crippen LogP contribution in [0.2, 0.25) is 0 Å². The summed E-state index contributed by atoms with van der Waals surface area (Å²) in [4.78, 5) is 12.2. The van der Waals surface area contributed by atoms with Crippen molar-refractivity contribution in [2.24, 2.45) is 5.41 Å². The molecule has 5 nitrogen and oxygen atoms in total. The largest absolute Gasteiger partial charge is 0.335 e. The third-order valence-corrected chi connectivity index (χ3v) is 5.00. The zero-order valence-corrected chi connectivity index (χ0v) is 15.0. The first-order valence-corrected chi connectivity index (χ1v) is 9.14. The molecule has 1 rings (SSSR count). The van der Waals surface area contributed by atoms with E-state index in [1.165, 1.54) is 6.26 Å². The maximum Gasteiger partial charge on any atom is 0.315 e. The van der Waals surface area contributed by atoms with Crippen LogP contribution >= 0.6 is 0 Å². The highest BCUT2D eigenvalue weighted by molar-refractivity contribution is 7.90. The Hall–Kier alpha value is -1.56. The van der Waals surface area contributed by atoms with Gasteiger partial charge in [-0.2, -0.15) is 0 Å². The van der Waals surface area contributed by atoms with E-state index in [9.17, 15) is 13.2 Å². The Labute approximate surface area is 133 Å². The van der Waals surface area contributed by atoms with E-state index in [0.717, 1.165) is 5.56 Å². The Morgan fingerprint density at radius 1 is 1.27 bits per heavy atom. The highest BCUT2D eigenvalue weighted by Gasteiger charge is 2.21. The number of sulfone groups is 1. The van der Waals surface area contributed by atoms with Gasteiger partial charge in [-0.25, -0.2) is 13.2 Å². The first-order chi connectivity index (χ1) is 9.91. The van der Waals surface area contributed by atoms with E-state index >= 15 is 0 Å². The lowest BCUT2D eigenvalue weighted by atomic mass is 9.88. The highest BCUT2D eigenvalue weighted by atomic mass is 32.2. The number of carbonyl (C=O) groups is 1. The maximum atomic E-state index is 11.9. The predicted molar refractivity (Wildman–Crippen MR) is 88.6 cm³/mol. The van der Waals surface area contributed by atoms with Gasteiger partial charge >= 0.3 is 6.03 Å². The van der Waals surface area contributed by atoms with Gasteiger partial charge in [0, 0.05) is 18.8 Å². The average molecular weight is 326 g/mol. The molecule has 0 spiro atoms. The molecule has 1 aromatic carbocycles. The summed E-state index contributed by atoms with van der Waals surface area (Å²) in [7, 11) is -3.21. The third-order valence-electron chi connectivity index (χ3n) is 3.74. The maximum absolute atomic E-state index is 11.9. The number of nitrogens with one attached hydrogen (secondary N) is 2. The minimum atomic E-state index is -3.21. The van der Waals surface area contributed by atoms with Gasteiger partial charge in [0.15, 0.2) is 9.84 Å². The molecular formula is C16H26N2O3S. The Balaban J connectivity index is 2.66. The molecule has 0 aromatic heterocycles. The fourth-order valence-electron chi connectivity index (χ4n) is 1.88. The molecule has 2 N–H and O–H groups in total. The number of hydrogen-bond donors (Lipinski definition) is 2. The summed E-state index contributed by atoms with van der Waals surface area (Å²) < 4.78 is 23.1. The van der Waals surface area contributed by atoms with Crippen molar-refractivity contribution in [3.8, 4) is 0 Å². The first-order valence-electron chi connectivity index (χ1n) is 7.25. The number of hydrogen-bond acceptors (Lipinski definition) is 3. The Morgan fingerprint density at radius 2 is 1.86 bits per heavy atom. The second kappa shape index (κ2) is 6.69. The number of rotatable bonds is 4. The molecule has 0 fully saturated rings. The van der Waals surface area contributed by atoms with Crippen LogP contribution in [0.4, 0.5) is 4.79 Å². The summed E-state index contributed by atoms with van der Waals surface area (Å²) >= 11 is 0. The van der Waals surface area contributed by atoms with Crippen molar-refractivity contribution in [1.29, 1.82) is 0 Å². The van der Waals surface area contributed by atoms with Crippen LogP contribution in [0.1, 0.15) is 38.8 Å². The number of carbonyl (C=O) groups excluding carboxylic acids is 1. The molecule has 2 amide bonds. The van der Waals surface area contributed by atoms with Gasteiger partial charge < -0.3 is 10.6 Å². The summed E-state index contributed by atoms with van der Waals surface area (Å²) in [5.41, 5.74) is 1.54. The van der Waals surface area contributed by atoms with Crippen LogP contribution in [0.5, 0.6) is 0 Å². The number of benzene rings is 1. The van der Waals surface area contributed by atoms with E-state index < -0.39 is 9.84 Å². The molecule has 22 heavy (non-hydrogen) atoms. The second-order valence-electron chi connectivity index (χ2n) is 6.79. The van der Waals surface area contributed by atoms with Crippen LogP contribution in [-0.2, 0) is 16.4 Å². The van der Waals surface area contributed by atoms with Crippen molar-refractivity contribution >= 4 is 15.9 Å². The van der Waals surface area contributed by atoms with Gasteiger partial charge in [-0.1, -0.05) is 32.9 Å². The van der Waals surface area contributed by atoms with Crippen molar-refractivity contribution in [3.05, 3.63) is 29.3 Å². The van der Waals surface area contributed by atoms with E-state index in [-0.39, 0.29) is 17.5 Å². The van der Waals surface area contributed by atoms with Gasteiger partial charge in [0.25, 0.3) is 0 Å². The normalized spacial score (nSPS) is 13.5. The average Bonchev–Trinajstić information content (AvgIpc) is 2.33. The molecule has 0 aliphatic carbocycles. The minimum absolute atomic E-state index is 0.00887. The molecule has 1 atom stereocenters. The predicted octanol–water partition coefficient (Wildman–Crippen LogP) is 2.63. The number of amides is 2. The summed E-state index contributed by atoms with van der Waals surface area (Å²) in [6, 6.07) is 4.90. The highest BCUT2D eigenvalue weighted by Crippen LogP contribution is 2.18. The molecule has 0 bridgehead atoms. The molecule has 0 saturated carbocycles. The molecular weight excluding hydrogens is 300 g/mol. The Morgan fingerprint density at radius 3 is 2.32 bits per heavy atom. The van der Waals surface area contributed by atoms with Crippen LogP contribution in [0.3, 0.4) is 0 Å². The summed E-state index contributed by atoms with van der Waals surface area (Å²) in [5, 5.41) is 5.68. The fourth-order valence-corrected chi connectivity index (χ4v) is 2.84. The van der Waals surface area contributed by atoms with Crippen LogP contribution in [0, 0.1) is 12.3 Å². The lowest BCUT2D eigenvalue weighted by molar-refractivity contribution is 0.222. The van der Waals surface area contributed by atoms with Crippen molar-refractivity contribution in [1.82, 2.24) is 10.6 Å². The van der Waals surface area contributed by atoms with E-state index in [4.69, 9.17) is 0 Å². The third kappa shape index (κ3) is 5.33. The van der Waals surface area contributed by atoms with Gasteiger partial charge in [-0.15, -0.1) is 0 Å². The van der Waals surface area contributed by atoms with Crippen molar-refractivity contribution in [2.45, 2.75) is 52.1 Å². The van der Waals surface area contributed by atoms with Gasteiger partial charge in [-0.3, -0.25) is 0 Å². The summed E-state index contributed by atoms with van der Waals surface area (Å²) in [6.45, 7) is 10.3.